The molecule has 29 heavy (non-hydrogen) atoms. The number of aromatic nitrogens is 1. The summed E-state index contributed by atoms with van der Waals surface area (Å²) in [5, 5.41) is 21.4. The molecule has 0 unspecified atom stereocenters. The number of hydrogen-bond donors (Lipinski definition) is 2. The van der Waals surface area contributed by atoms with Crippen molar-refractivity contribution in [2.45, 2.75) is 32.6 Å². The number of amides is 1. The second-order valence-electron chi connectivity index (χ2n) is 6.90. The highest BCUT2D eigenvalue weighted by Gasteiger charge is 2.59. The summed E-state index contributed by atoms with van der Waals surface area (Å²) >= 11 is 2.76. The summed E-state index contributed by atoms with van der Waals surface area (Å²) < 4.78 is 10.5. The standard InChI is InChI=1S/C19H24N2O6S2/c1-10-15-14(11(2)22)18(23)21(15)16(19(24)25)17(10)28-7-4-13-12(20-9-29-13)8-27-6-5-26-3/h4,7,9-11,14-15,22H,5-6,8H2,1-3H3,(H,24,25)/b7-4-/t10-,11-,14-,15-/m1/s1. The zero-order valence-electron chi connectivity index (χ0n) is 16.4. The minimum absolute atomic E-state index is 0.0199. The Kier molecular flexibility index (Phi) is 7.12. The van der Waals surface area contributed by atoms with E-state index in [0.29, 0.717) is 24.7 Å². The zero-order valence-corrected chi connectivity index (χ0v) is 18.0. The number of carboxylic acid groups (broad SMARTS) is 1. The van der Waals surface area contributed by atoms with Crippen LogP contribution in [0.2, 0.25) is 0 Å². The number of aliphatic hydroxyl groups excluding tert-OH is 1. The summed E-state index contributed by atoms with van der Waals surface area (Å²) in [6.07, 6.45) is 1.07. The monoisotopic (exact) mass is 440 g/mol. The van der Waals surface area contributed by atoms with E-state index in [2.05, 4.69) is 4.98 Å². The topological polar surface area (TPSA) is 109 Å². The van der Waals surface area contributed by atoms with Crippen molar-refractivity contribution in [1.29, 1.82) is 0 Å². The SMILES string of the molecule is COCCOCc1ncsc1/C=C\SC1=C(C(=O)O)N2C(=O)[C@H]([C@@H](C)O)[C@H]2[C@H]1C. The molecule has 1 amide bonds. The fraction of sp³-hybridized carbons (Fsp3) is 0.526. The highest BCUT2D eigenvalue weighted by molar-refractivity contribution is 8.06. The van der Waals surface area contributed by atoms with E-state index in [0.717, 1.165) is 10.6 Å². The van der Waals surface area contributed by atoms with E-state index in [1.807, 2.05) is 18.4 Å². The Labute approximate surface area is 177 Å². The molecule has 3 rings (SSSR count). The molecule has 0 radical (unpaired) electrons. The van der Waals surface area contributed by atoms with Gasteiger partial charge in [-0.15, -0.1) is 11.3 Å². The van der Waals surface area contributed by atoms with Gasteiger partial charge in [-0.1, -0.05) is 18.7 Å². The van der Waals surface area contributed by atoms with E-state index in [1.54, 1.807) is 19.5 Å². The molecule has 2 aliphatic heterocycles. The van der Waals surface area contributed by atoms with Crippen LogP contribution in [0.3, 0.4) is 0 Å². The van der Waals surface area contributed by atoms with Crippen molar-refractivity contribution < 1.29 is 29.3 Å². The first-order valence-corrected chi connectivity index (χ1v) is 10.9. The Hall–Kier alpha value is -1.72. The maximum atomic E-state index is 12.4. The van der Waals surface area contributed by atoms with Crippen LogP contribution >= 0.6 is 23.1 Å². The van der Waals surface area contributed by atoms with Gasteiger partial charge in [0.25, 0.3) is 0 Å². The second-order valence-corrected chi connectivity index (χ2v) is 8.74. The van der Waals surface area contributed by atoms with Crippen LogP contribution in [0, 0.1) is 11.8 Å². The van der Waals surface area contributed by atoms with E-state index in [-0.39, 0.29) is 23.6 Å². The first kappa shape index (κ1) is 22.0. The molecule has 1 aromatic rings. The van der Waals surface area contributed by atoms with Gasteiger partial charge in [0.1, 0.15) is 5.70 Å². The predicted octanol–water partition coefficient (Wildman–Crippen LogP) is 2.16. The van der Waals surface area contributed by atoms with Gasteiger partial charge in [-0.25, -0.2) is 9.78 Å². The van der Waals surface area contributed by atoms with Gasteiger partial charge in [-0.2, -0.15) is 0 Å². The van der Waals surface area contributed by atoms with Crippen LogP contribution in [0.25, 0.3) is 6.08 Å². The molecule has 158 valence electrons. The van der Waals surface area contributed by atoms with Crippen molar-refractivity contribution in [3.8, 4) is 0 Å². The summed E-state index contributed by atoms with van der Waals surface area (Å²) in [5.41, 5.74) is 2.56. The lowest BCUT2D eigenvalue weighted by molar-refractivity contribution is -0.163. The molecule has 3 heterocycles. The Morgan fingerprint density at radius 1 is 1.48 bits per heavy atom. The maximum absolute atomic E-state index is 12.4. The van der Waals surface area contributed by atoms with Gasteiger partial charge in [0.15, 0.2) is 0 Å². The van der Waals surface area contributed by atoms with Crippen molar-refractivity contribution >= 4 is 41.1 Å². The van der Waals surface area contributed by atoms with Crippen molar-refractivity contribution in [1.82, 2.24) is 9.88 Å². The highest BCUT2D eigenvalue weighted by Crippen LogP contribution is 2.50. The quantitative estimate of drug-likeness (QED) is 0.421. The van der Waals surface area contributed by atoms with Crippen LogP contribution in [-0.4, -0.2) is 64.4 Å². The average Bonchev–Trinajstić information content (AvgIpc) is 3.20. The number of hydrogen-bond acceptors (Lipinski definition) is 8. The number of carbonyl (C=O) groups is 2. The highest BCUT2D eigenvalue weighted by atomic mass is 32.2. The largest absolute Gasteiger partial charge is 0.477 e. The second kappa shape index (κ2) is 9.40. The van der Waals surface area contributed by atoms with E-state index in [4.69, 9.17) is 9.47 Å². The molecule has 1 saturated heterocycles. The molecule has 4 atom stereocenters. The minimum atomic E-state index is -1.13. The molecule has 0 bridgehead atoms. The maximum Gasteiger partial charge on any atom is 0.353 e. The number of thioether (sulfide) groups is 1. The Morgan fingerprint density at radius 3 is 2.90 bits per heavy atom. The predicted molar refractivity (Wildman–Crippen MR) is 110 cm³/mol. The molecule has 8 nitrogen and oxygen atoms in total. The fourth-order valence-corrected chi connectivity index (χ4v) is 5.46. The molecule has 0 saturated carbocycles. The van der Waals surface area contributed by atoms with Crippen LogP contribution in [-0.2, 0) is 25.7 Å². The van der Waals surface area contributed by atoms with Gasteiger partial charge >= 0.3 is 5.97 Å². The first-order chi connectivity index (χ1) is 13.9. The number of ether oxygens (including phenoxy) is 2. The van der Waals surface area contributed by atoms with Gasteiger partial charge in [-0.3, -0.25) is 4.79 Å². The number of carbonyl (C=O) groups excluding carboxylic acids is 1. The number of thiazole rings is 1. The molecule has 2 aliphatic rings. The third kappa shape index (κ3) is 4.26. The number of carboxylic acids is 1. The number of aliphatic hydroxyl groups is 1. The third-order valence-electron chi connectivity index (χ3n) is 5.07. The van der Waals surface area contributed by atoms with Gasteiger partial charge < -0.3 is 24.6 Å². The zero-order chi connectivity index (χ0) is 21.1. The average molecular weight is 441 g/mol. The number of β-lactam (4-membered cyclic amide) rings is 1. The number of nitrogens with zero attached hydrogens (tertiary/aromatic N) is 2. The summed E-state index contributed by atoms with van der Waals surface area (Å²) in [6.45, 7) is 4.83. The first-order valence-electron chi connectivity index (χ1n) is 9.19. The Balaban J connectivity index is 1.71. The number of aliphatic carboxylic acids is 1. The molecule has 0 spiro atoms. The van der Waals surface area contributed by atoms with Crippen molar-refractivity contribution in [3.05, 3.63) is 32.1 Å². The lowest BCUT2D eigenvalue weighted by Gasteiger charge is -2.46. The van der Waals surface area contributed by atoms with E-state index in [9.17, 15) is 19.8 Å². The van der Waals surface area contributed by atoms with Crippen LogP contribution in [0.15, 0.2) is 21.5 Å². The van der Waals surface area contributed by atoms with E-state index < -0.39 is 18.0 Å². The third-order valence-corrected chi connectivity index (χ3v) is 7.00. The van der Waals surface area contributed by atoms with E-state index in [1.165, 1.54) is 28.0 Å². The normalized spacial score (nSPS) is 24.9. The molecule has 2 N–H and O–H groups in total. The van der Waals surface area contributed by atoms with Crippen LogP contribution in [0.4, 0.5) is 0 Å². The van der Waals surface area contributed by atoms with Crippen molar-refractivity contribution in [3.63, 3.8) is 0 Å². The van der Waals surface area contributed by atoms with E-state index >= 15 is 0 Å². The molecule has 10 heteroatoms. The van der Waals surface area contributed by atoms with Crippen LogP contribution in [0.5, 0.6) is 0 Å². The van der Waals surface area contributed by atoms with Crippen molar-refractivity contribution in [2.75, 3.05) is 20.3 Å². The minimum Gasteiger partial charge on any atom is -0.477 e. The summed E-state index contributed by atoms with van der Waals surface area (Å²) in [4.78, 5) is 31.3. The van der Waals surface area contributed by atoms with Gasteiger partial charge in [-0.05, 0) is 18.4 Å². The Bertz CT molecular complexity index is 834. The molecule has 0 aliphatic carbocycles. The molecular formula is C19H24N2O6S2. The number of methoxy groups -OCH3 is 1. The smallest absolute Gasteiger partial charge is 0.353 e. The summed E-state index contributed by atoms with van der Waals surface area (Å²) in [5.74, 6) is -2.17. The lowest BCUT2D eigenvalue weighted by Crippen LogP contribution is -2.63. The molecular weight excluding hydrogens is 416 g/mol. The van der Waals surface area contributed by atoms with Crippen LogP contribution < -0.4 is 0 Å². The van der Waals surface area contributed by atoms with Gasteiger partial charge in [0, 0.05) is 17.9 Å². The Morgan fingerprint density at radius 2 is 2.24 bits per heavy atom. The molecule has 1 fully saturated rings. The molecule has 1 aromatic heterocycles. The molecule has 0 aromatic carbocycles. The van der Waals surface area contributed by atoms with Gasteiger partial charge in [0.05, 0.1) is 54.0 Å². The number of rotatable bonds is 10. The lowest BCUT2D eigenvalue weighted by atomic mass is 9.79. The fourth-order valence-electron chi connectivity index (χ4n) is 3.68. The van der Waals surface area contributed by atoms with Crippen LogP contribution in [0.1, 0.15) is 24.4 Å². The van der Waals surface area contributed by atoms with Gasteiger partial charge in [0.2, 0.25) is 5.91 Å². The summed E-state index contributed by atoms with van der Waals surface area (Å²) in [6, 6.07) is -0.308. The summed E-state index contributed by atoms with van der Waals surface area (Å²) in [7, 11) is 1.61. The number of fused-ring (bicyclic) bond motifs is 1. The van der Waals surface area contributed by atoms with Crippen molar-refractivity contribution in [2.24, 2.45) is 11.8 Å².